The van der Waals surface area contributed by atoms with Gasteiger partial charge in [-0.3, -0.25) is 10.1 Å². The first-order chi connectivity index (χ1) is 15.9. The van der Waals surface area contributed by atoms with Crippen molar-refractivity contribution in [3.63, 3.8) is 0 Å². The van der Waals surface area contributed by atoms with Crippen molar-refractivity contribution in [1.29, 1.82) is 0 Å². The fraction of sp³-hybridized carbons (Fsp3) is 0.273. The van der Waals surface area contributed by atoms with Gasteiger partial charge in [0, 0.05) is 44.0 Å². The summed E-state index contributed by atoms with van der Waals surface area (Å²) in [6, 6.07) is 11.9. The number of nitrogens with one attached hydrogen (secondary N) is 1. The standard InChI is InChI=1S/C22H23ClN6O4/c1-27-9-11-28(12-10-27)15-7-8-17(20(13-15)32-2)25-22-24-14-16(23)21(26-22)33-19-6-4-3-5-18(19)29(30)31/h3-8,13-14H,9-12H2,1-2H3,(H,24,25,26). The van der Waals surface area contributed by atoms with Crippen molar-refractivity contribution in [1.82, 2.24) is 14.9 Å². The molecule has 33 heavy (non-hydrogen) atoms. The third-order valence-corrected chi connectivity index (χ3v) is 5.54. The second-order valence-electron chi connectivity index (χ2n) is 7.47. The molecule has 1 fully saturated rings. The number of methoxy groups -OCH3 is 1. The van der Waals surface area contributed by atoms with E-state index in [0.717, 1.165) is 31.9 Å². The fourth-order valence-corrected chi connectivity index (χ4v) is 3.58. The van der Waals surface area contributed by atoms with Crippen molar-refractivity contribution in [3.8, 4) is 17.4 Å². The van der Waals surface area contributed by atoms with Crippen LogP contribution in [0.1, 0.15) is 0 Å². The van der Waals surface area contributed by atoms with Gasteiger partial charge in [0.1, 0.15) is 10.8 Å². The molecular formula is C22H23ClN6O4. The van der Waals surface area contributed by atoms with Crippen LogP contribution in [0.2, 0.25) is 5.02 Å². The Morgan fingerprint density at radius 3 is 2.61 bits per heavy atom. The van der Waals surface area contributed by atoms with Crippen molar-refractivity contribution in [3.05, 3.63) is 63.8 Å². The lowest BCUT2D eigenvalue weighted by Crippen LogP contribution is -2.44. The number of halogens is 1. The van der Waals surface area contributed by atoms with E-state index in [9.17, 15) is 10.1 Å². The number of hydrogen-bond acceptors (Lipinski definition) is 9. The highest BCUT2D eigenvalue weighted by atomic mass is 35.5. The third kappa shape index (κ3) is 5.24. The number of nitro benzene ring substituents is 1. The van der Waals surface area contributed by atoms with Crippen LogP contribution >= 0.6 is 11.6 Å². The van der Waals surface area contributed by atoms with Gasteiger partial charge in [-0.1, -0.05) is 23.7 Å². The first kappa shape index (κ1) is 22.6. The van der Waals surface area contributed by atoms with E-state index in [1.54, 1.807) is 19.2 Å². The zero-order chi connectivity index (χ0) is 23.4. The van der Waals surface area contributed by atoms with E-state index in [1.807, 2.05) is 18.2 Å². The maximum Gasteiger partial charge on any atom is 0.311 e. The maximum atomic E-state index is 11.3. The van der Waals surface area contributed by atoms with Crippen molar-refractivity contribution < 1.29 is 14.4 Å². The van der Waals surface area contributed by atoms with Crippen LogP contribution in [0, 0.1) is 10.1 Å². The first-order valence-electron chi connectivity index (χ1n) is 10.3. The average molecular weight is 471 g/mol. The number of ether oxygens (including phenoxy) is 2. The SMILES string of the molecule is COc1cc(N2CCN(C)CC2)ccc1Nc1ncc(Cl)c(Oc2ccccc2[N+](=O)[O-])n1. The van der Waals surface area contributed by atoms with Crippen LogP contribution in [-0.4, -0.2) is 60.1 Å². The Morgan fingerprint density at radius 1 is 1.12 bits per heavy atom. The van der Waals surface area contributed by atoms with Gasteiger partial charge in [-0.15, -0.1) is 0 Å². The van der Waals surface area contributed by atoms with E-state index in [0.29, 0.717) is 11.4 Å². The van der Waals surface area contributed by atoms with Gasteiger partial charge < -0.3 is 24.6 Å². The molecule has 1 saturated heterocycles. The van der Waals surface area contributed by atoms with Gasteiger partial charge in [0.05, 0.1) is 23.9 Å². The molecule has 2 aromatic carbocycles. The normalized spacial score (nSPS) is 14.1. The first-order valence-corrected chi connectivity index (χ1v) is 10.6. The topological polar surface area (TPSA) is 106 Å². The number of nitro groups is 1. The van der Waals surface area contributed by atoms with Crippen LogP contribution in [0.15, 0.2) is 48.7 Å². The molecule has 1 aromatic heterocycles. The molecule has 1 aliphatic rings. The quantitative estimate of drug-likeness (QED) is 0.398. The number of piperazine rings is 1. The van der Waals surface area contributed by atoms with E-state index in [2.05, 4.69) is 32.1 Å². The Balaban J connectivity index is 1.55. The molecule has 0 saturated carbocycles. The number of nitrogens with zero attached hydrogens (tertiary/aromatic N) is 5. The fourth-order valence-electron chi connectivity index (χ4n) is 3.45. The van der Waals surface area contributed by atoms with Gasteiger partial charge in [0.15, 0.2) is 0 Å². The minimum atomic E-state index is -0.531. The highest BCUT2D eigenvalue weighted by Gasteiger charge is 2.19. The summed E-state index contributed by atoms with van der Waals surface area (Å²) in [5, 5.41) is 14.5. The summed E-state index contributed by atoms with van der Waals surface area (Å²) in [5.74, 6) is 0.865. The molecule has 10 nitrogen and oxygen atoms in total. The maximum absolute atomic E-state index is 11.3. The highest BCUT2D eigenvalue weighted by molar-refractivity contribution is 6.31. The Bertz CT molecular complexity index is 1150. The molecule has 0 spiro atoms. The molecule has 0 amide bonds. The van der Waals surface area contributed by atoms with E-state index in [1.165, 1.54) is 18.3 Å². The van der Waals surface area contributed by atoms with Crippen LogP contribution in [0.3, 0.4) is 0 Å². The highest BCUT2D eigenvalue weighted by Crippen LogP contribution is 2.35. The van der Waals surface area contributed by atoms with Crippen molar-refractivity contribution in [2.24, 2.45) is 0 Å². The van der Waals surface area contributed by atoms with Crippen LogP contribution < -0.4 is 19.7 Å². The number of rotatable bonds is 7. The molecule has 0 bridgehead atoms. The zero-order valence-corrected chi connectivity index (χ0v) is 19.0. The lowest BCUT2D eigenvalue weighted by Gasteiger charge is -2.34. The number of benzene rings is 2. The average Bonchev–Trinajstić information content (AvgIpc) is 2.82. The van der Waals surface area contributed by atoms with Gasteiger partial charge in [-0.25, -0.2) is 4.98 Å². The summed E-state index contributed by atoms with van der Waals surface area (Å²) in [5.41, 5.74) is 1.54. The Labute approximate surface area is 195 Å². The monoisotopic (exact) mass is 470 g/mol. The molecule has 2 heterocycles. The second kappa shape index (κ2) is 9.88. The van der Waals surface area contributed by atoms with Gasteiger partial charge in [0.2, 0.25) is 17.6 Å². The van der Waals surface area contributed by atoms with E-state index in [-0.39, 0.29) is 28.3 Å². The summed E-state index contributed by atoms with van der Waals surface area (Å²) < 4.78 is 11.2. The van der Waals surface area contributed by atoms with E-state index < -0.39 is 4.92 Å². The molecule has 4 rings (SSSR count). The predicted octanol–water partition coefficient (Wildman–Crippen LogP) is 4.33. The summed E-state index contributed by atoms with van der Waals surface area (Å²) in [6.07, 6.45) is 1.37. The summed E-state index contributed by atoms with van der Waals surface area (Å²) in [4.78, 5) is 23.8. The summed E-state index contributed by atoms with van der Waals surface area (Å²) >= 11 is 6.18. The lowest BCUT2D eigenvalue weighted by molar-refractivity contribution is -0.385. The number of para-hydroxylation sites is 2. The van der Waals surface area contributed by atoms with Crippen molar-refractivity contribution in [2.75, 3.05) is 50.6 Å². The second-order valence-corrected chi connectivity index (χ2v) is 7.88. The van der Waals surface area contributed by atoms with Gasteiger partial charge in [-0.2, -0.15) is 4.98 Å². The molecule has 11 heteroatoms. The molecule has 0 atom stereocenters. The minimum absolute atomic E-state index is 0.00325. The van der Waals surface area contributed by atoms with Crippen molar-refractivity contribution in [2.45, 2.75) is 0 Å². The smallest absolute Gasteiger partial charge is 0.311 e. The Hall–Kier alpha value is -3.63. The number of hydrogen-bond donors (Lipinski definition) is 1. The van der Waals surface area contributed by atoms with Crippen molar-refractivity contribution >= 4 is 34.6 Å². The van der Waals surface area contributed by atoms with Gasteiger partial charge >= 0.3 is 5.69 Å². The van der Waals surface area contributed by atoms with E-state index >= 15 is 0 Å². The van der Waals surface area contributed by atoms with Gasteiger partial charge in [-0.05, 0) is 25.2 Å². The molecule has 1 aliphatic heterocycles. The molecule has 172 valence electrons. The Kier molecular flexibility index (Phi) is 6.76. The van der Waals surface area contributed by atoms with E-state index in [4.69, 9.17) is 21.1 Å². The molecular weight excluding hydrogens is 448 g/mol. The summed E-state index contributed by atoms with van der Waals surface area (Å²) in [7, 11) is 3.71. The minimum Gasteiger partial charge on any atom is -0.494 e. The van der Waals surface area contributed by atoms with Crippen LogP contribution in [0.5, 0.6) is 17.4 Å². The molecule has 0 radical (unpaired) electrons. The molecule has 3 aromatic rings. The largest absolute Gasteiger partial charge is 0.494 e. The Morgan fingerprint density at radius 2 is 1.88 bits per heavy atom. The molecule has 0 aliphatic carbocycles. The van der Waals surface area contributed by atoms with Crippen LogP contribution in [0.25, 0.3) is 0 Å². The number of likely N-dealkylation sites (N-methyl/N-ethyl adjacent to an activating group) is 1. The molecule has 0 unspecified atom stereocenters. The van der Waals surface area contributed by atoms with Crippen LogP contribution in [0.4, 0.5) is 23.0 Å². The zero-order valence-electron chi connectivity index (χ0n) is 18.2. The third-order valence-electron chi connectivity index (χ3n) is 5.28. The number of aromatic nitrogens is 2. The van der Waals surface area contributed by atoms with Gasteiger partial charge in [0.25, 0.3) is 0 Å². The summed E-state index contributed by atoms with van der Waals surface area (Å²) in [6.45, 7) is 3.89. The lowest BCUT2D eigenvalue weighted by atomic mass is 10.2. The predicted molar refractivity (Wildman–Crippen MR) is 126 cm³/mol. The van der Waals surface area contributed by atoms with Crippen LogP contribution in [-0.2, 0) is 0 Å². The number of anilines is 3. The molecule has 1 N–H and O–H groups in total.